The number of rotatable bonds is 23. The van der Waals surface area contributed by atoms with Crippen molar-refractivity contribution in [2.24, 2.45) is 0 Å². The van der Waals surface area contributed by atoms with Gasteiger partial charge in [0.25, 0.3) is 0 Å². The summed E-state index contributed by atoms with van der Waals surface area (Å²) < 4.78 is 44.8. The van der Waals surface area contributed by atoms with E-state index in [1.807, 2.05) is 0 Å². The van der Waals surface area contributed by atoms with Crippen LogP contribution in [0.15, 0.2) is 0 Å². The Hall–Kier alpha value is -0.0900. The number of unbranched alkanes of at least 4 members (excludes halogenated alkanes) is 3. The van der Waals surface area contributed by atoms with Crippen LogP contribution in [0.2, 0.25) is 0 Å². The molecule has 0 atom stereocenters. The van der Waals surface area contributed by atoms with Crippen LogP contribution < -0.4 is 0 Å². The lowest BCUT2D eigenvalue weighted by molar-refractivity contribution is -0.243. The molecule has 0 saturated carbocycles. The normalized spacial score (nSPS) is 12.0. The molecule has 0 aliphatic carbocycles. The van der Waals surface area contributed by atoms with E-state index in [4.69, 9.17) is 33.0 Å². The van der Waals surface area contributed by atoms with Crippen molar-refractivity contribution < 1.29 is 42.5 Å². The summed E-state index contributed by atoms with van der Waals surface area (Å²) in [6.07, 6.45) is 5.49. The standard InChI is InChI=1S/C18H39O9P/c1-3-5-9-21-13-16-25-28(20,26-17-14-22-10-6-4-2)27-18-15-23-11-7-8-12-24-19/h19H,3-18H2,1-2H3. The Balaban J connectivity index is 4.03. The molecule has 0 aromatic heterocycles. The first-order valence-corrected chi connectivity index (χ1v) is 11.7. The Bertz CT molecular complexity index is 338. The lowest BCUT2D eigenvalue weighted by Crippen LogP contribution is -2.12. The zero-order chi connectivity index (χ0) is 20.8. The molecule has 0 aromatic rings. The predicted octanol–water partition coefficient (Wildman–Crippen LogP) is 4.06. The molecule has 0 aliphatic rings. The highest BCUT2D eigenvalue weighted by Gasteiger charge is 2.26. The quantitative estimate of drug-likeness (QED) is 0.111. The Kier molecular flexibility index (Phi) is 21.5. The summed E-state index contributed by atoms with van der Waals surface area (Å²) in [5, 5.41) is 8.22. The maximum Gasteiger partial charge on any atom is 0.475 e. The Morgan fingerprint density at radius 2 is 0.964 bits per heavy atom. The van der Waals surface area contributed by atoms with Crippen molar-refractivity contribution in [1.29, 1.82) is 0 Å². The van der Waals surface area contributed by atoms with Gasteiger partial charge in [-0.3, -0.25) is 18.8 Å². The third-order valence-electron chi connectivity index (χ3n) is 3.49. The number of hydrogen-bond donors (Lipinski definition) is 1. The molecule has 0 aliphatic heterocycles. The van der Waals surface area contributed by atoms with Gasteiger partial charge in [-0.05, 0) is 25.7 Å². The highest BCUT2D eigenvalue weighted by atomic mass is 31.2. The van der Waals surface area contributed by atoms with Crippen LogP contribution in [-0.4, -0.2) is 71.3 Å². The van der Waals surface area contributed by atoms with E-state index in [1.54, 1.807) is 0 Å². The molecule has 9 nitrogen and oxygen atoms in total. The van der Waals surface area contributed by atoms with Crippen LogP contribution >= 0.6 is 7.82 Å². The average Bonchev–Trinajstić information content (AvgIpc) is 2.69. The molecule has 0 aromatic carbocycles. The summed E-state index contributed by atoms with van der Waals surface area (Å²) >= 11 is 0. The van der Waals surface area contributed by atoms with Crippen LogP contribution in [0.5, 0.6) is 0 Å². The van der Waals surface area contributed by atoms with Gasteiger partial charge in [0.05, 0.1) is 46.2 Å². The molecule has 0 unspecified atom stereocenters. The second-order valence-corrected chi connectivity index (χ2v) is 7.70. The highest BCUT2D eigenvalue weighted by Crippen LogP contribution is 2.49. The fourth-order valence-corrected chi connectivity index (χ4v) is 3.02. The maximum atomic E-state index is 12.7. The minimum Gasteiger partial charge on any atom is -0.379 e. The summed E-state index contributed by atoms with van der Waals surface area (Å²) in [4.78, 5) is 3.98. The first kappa shape index (κ1) is 27.9. The summed E-state index contributed by atoms with van der Waals surface area (Å²) in [5.74, 6) is 0. The van der Waals surface area contributed by atoms with Gasteiger partial charge >= 0.3 is 7.82 Å². The topological polar surface area (TPSA) is 102 Å². The van der Waals surface area contributed by atoms with E-state index >= 15 is 0 Å². The van der Waals surface area contributed by atoms with E-state index in [1.165, 1.54) is 0 Å². The predicted molar refractivity (Wildman–Crippen MR) is 106 cm³/mol. The van der Waals surface area contributed by atoms with Crippen LogP contribution in [0.3, 0.4) is 0 Å². The SMILES string of the molecule is CCCCOCCOP(=O)(OCCOCCCC)OCCOCCCCOO. The van der Waals surface area contributed by atoms with Gasteiger partial charge < -0.3 is 14.2 Å². The fourth-order valence-electron chi connectivity index (χ4n) is 1.91. The molecule has 0 bridgehead atoms. The van der Waals surface area contributed by atoms with E-state index in [2.05, 4.69) is 18.7 Å². The van der Waals surface area contributed by atoms with Gasteiger partial charge in [0.2, 0.25) is 0 Å². The van der Waals surface area contributed by atoms with E-state index in [9.17, 15) is 4.57 Å². The van der Waals surface area contributed by atoms with Crippen molar-refractivity contribution in [3.8, 4) is 0 Å². The van der Waals surface area contributed by atoms with Crippen LogP contribution in [0.1, 0.15) is 52.4 Å². The first-order valence-electron chi connectivity index (χ1n) is 10.2. The fraction of sp³-hybridized carbons (Fsp3) is 1.00. The Labute approximate surface area is 169 Å². The van der Waals surface area contributed by atoms with Crippen molar-refractivity contribution in [1.82, 2.24) is 0 Å². The lowest BCUT2D eigenvalue weighted by atomic mass is 10.3. The third kappa shape index (κ3) is 19.2. The van der Waals surface area contributed by atoms with Gasteiger partial charge in [-0.25, -0.2) is 9.45 Å². The molecule has 0 heterocycles. The van der Waals surface area contributed by atoms with E-state index in [-0.39, 0.29) is 33.0 Å². The zero-order valence-electron chi connectivity index (χ0n) is 17.5. The minimum absolute atomic E-state index is 0.0845. The number of ether oxygens (including phenoxy) is 3. The van der Waals surface area contributed by atoms with Crippen LogP contribution in [0.25, 0.3) is 0 Å². The van der Waals surface area contributed by atoms with Crippen LogP contribution in [0, 0.1) is 0 Å². The Morgan fingerprint density at radius 3 is 1.36 bits per heavy atom. The van der Waals surface area contributed by atoms with Crippen molar-refractivity contribution in [3.05, 3.63) is 0 Å². The van der Waals surface area contributed by atoms with Crippen molar-refractivity contribution in [2.45, 2.75) is 52.4 Å². The minimum atomic E-state index is -3.69. The summed E-state index contributed by atoms with van der Waals surface area (Å²) in [6, 6.07) is 0. The molecule has 0 amide bonds. The summed E-state index contributed by atoms with van der Waals surface area (Å²) in [7, 11) is -3.69. The van der Waals surface area contributed by atoms with Crippen molar-refractivity contribution in [2.75, 3.05) is 66.1 Å². The monoisotopic (exact) mass is 430 g/mol. The molecular weight excluding hydrogens is 391 g/mol. The second kappa shape index (κ2) is 21.6. The van der Waals surface area contributed by atoms with Crippen LogP contribution in [0.4, 0.5) is 0 Å². The number of phosphoric ester groups is 1. The molecular formula is C18H39O9P. The molecule has 0 spiro atoms. The smallest absolute Gasteiger partial charge is 0.379 e. The summed E-state index contributed by atoms with van der Waals surface area (Å²) in [6.45, 7) is 7.48. The number of phosphoric acid groups is 1. The van der Waals surface area contributed by atoms with Gasteiger partial charge in [0.15, 0.2) is 0 Å². The molecule has 0 radical (unpaired) electrons. The highest BCUT2D eigenvalue weighted by molar-refractivity contribution is 7.48. The second-order valence-electron chi connectivity index (χ2n) is 6.03. The molecule has 0 saturated heterocycles. The average molecular weight is 430 g/mol. The van der Waals surface area contributed by atoms with Gasteiger partial charge in [0.1, 0.15) is 0 Å². The third-order valence-corrected chi connectivity index (χ3v) is 4.99. The molecule has 28 heavy (non-hydrogen) atoms. The lowest BCUT2D eigenvalue weighted by Gasteiger charge is -2.18. The van der Waals surface area contributed by atoms with Crippen LogP contribution in [-0.2, 0) is 37.2 Å². The molecule has 10 heteroatoms. The number of hydrogen-bond acceptors (Lipinski definition) is 9. The molecule has 1 N–H and O–H groups in total. The van der Waals surface area contributed by atoms with Gasteiger partial charge in [0, 0.05) is 19.8 Å². The molecule has 0 rings (SSSR count). The Morgan fingerprint density at radius 1 is 0.571 bits per heavy atom. The summed E-state index contributed by atoms with van der Waals surface area (Å²) in [5.41, 5.74) is 0. The molecule has 0 fully saturated rings. The largest absolute Gasteiger partial charge is 0.475 e. The van der Waals surface area contributed by atoms with E-state index < -0.39 is 7.82 Å². The van der Waals surface area contributed by atoms with E-state index in [0.717, 1.165) is 32.1 Å². The van der Waals surface area contributed by atoms with Crippen molar-refractivity contribution in [3.63, 3.8) is 0 Å². The van der Waals surface area contributed by atoms with Gasteiger partial charge in [-0.1, -0.05) is 26.7 Å². The zero-order valence-corrected chi connectivity index (χ0v) is 18.4. The van der Waals surface area contributed by atoms with E-state index in [0.29, 0.717) is 39.5 Å². The van der Waals surface area contributed by atoms with Gasteiger partial charge in [-0.2, -0.15) is 0 Å². The molecule has 170 valence electrons. The van der Waals surface area contributed by atoms with Crippen molar-refractivity contribution >= 4 is 7.82 Å². The maximum absolute atomic E-state index is 12.7. The van der Waals surface area contributed by atoms with Gasteiger partial charge in [-0.15, -0.1) is 0 Å². The first-order chi connectivity index (χ1) is 13.7.